The molecule has 7 aromatic carbocycles. The lowest BCUT2D eigenvalue weighted by molar-refractivity contribution is 0.603. The van der Waals surface area contributed by atoms with Crippen LogP contribution in [-0.2, 0) is 5.41 Å². The lowest BCUT2D eigenvalue weighted by Gasteiger charge is -2.32. The molecular weight excluding hydrogens is 587 g/mol. The third-order valence-corrected chi connectivity index (χ3v) is 9.67. The second kappa shape index (κ2) is 10.3. The molecule has 224 valence electrons. The number of rotatable bonds is 4. The van der Waals surface area contributed by atoms with Gasteiger partial charge in [-0.05, 0) is 117 Å². The Kier molecular flexibility index (Phi) is 6.03. The summed E-state index contributed by atoms with van der Waals surface area (Å²) in [5.74, 6) is -1.36. The Morgan fingerprint density at radius 1 is 0.362 bits per heavy atom. The van der Waals surface area contributed by atoms with Gasteiger partial charge in [0.1, 0.15) is 17.5 Å². The summed E-state index contributed by atoms with van der Waals surface area (Å²) in [6, 6.07) is 49.6. The highest BCUT2D eigenvalue weighted by Crippen LogP contribution is 2.63. The molecule has 0 aromatic heterocycles. The Morgan fingerprint density at radius 3 is 1.53 bits per heavy atom. The fourth-order valence-corrected chi connectivity index (χ4v) is 7.79. The second-order valence-corrected chi connectivity index (χ2v) is 12.1. The number of benzene rings is 7. The van der Waals surface area contributed by atoms with Crippen molar-refractivity contribution in [2.75, 3.05) is 4.90 Å². The van der Waals surface area contributed by atoms with Crippen LogP contribution in [0.4, 0.5) is 30.2 Å². The lowest BCUT2D eigenvalue weighted by Crippen LogP contribution is -2.26. The normalized spacial score (nSPS) is 13.2. The van der Waals surface area contributed by atoms with E-state index < -0.39 is 17.0 Å². The average Bonchev–Trinajstić information content (AvgIpc) is 3.58. The van der Waals surface area contributed by atoms with Crippen LogP contribution in [0, 0.1) is 17.5 Å². The predicted molar refractivity (Wildman–Crippen MR) is 183 cm³/mol. The van der Waals surface area contributed by atoms with Crippen molar-refractivity contribution in [3.63, 3.8) is 0 Å². The summed E-state index contributed by atoms with van der Waals surface area (Å²) in [4.78, 5) is 2.05. The molecule has 0 N–H and O–H groups in total. The highest BCUT2D eigenvalue weighted by Gasteiger charge is 2.51. The minimum atomic E-state index is -0.532. The zero-order valence-corrected chi connectivity index (χ0v) is 25.1. The molecule has 2 aliphatic rings. The van der Waals surface area contributed by atoms with Gasteiger partial charge in [0.15, 0.2) is 0 Å². The van der Waals surface area contributed by atoms with Gasteiger partial charge in [-0.25, -0.2) is 13.2 Å². The van der Waals surface area contributed by atoms with Gasteiger partial charge in [0.25, 0.3) is 0 Å². The molecule has 0 heterocycles. The van der Waals surface area contributed by atoms with E-state index in [0.29, 0.717) is 5.56 Å². The molecule has 47 heavy (non-hydrogen) atoms. The van der Waals surface area contributed by atoms with Crippen molar-refractivity contribution >= 4 is 17.1 Å². The van der Waals surface area contributed by atoms with Crippen LogP contribution in [0.25, 0.3) is 33.4 Å². The first kappa shape index (κ1) is 27.4. The smallest absolute Gasteiger partial charge is 0.131 e. The minimum Gasteiger partial charge on any atom is -0.310 e. The van der Waals surface area contributed by atoms with E-state index >= 15 is 0 Å². The van der Waals surface area contributed by atoms with Gasteiger partial charge in [-0.2, -0.15) is 0 Å². The van der Waals surface area contributed by atoms with Gasteiger partial charge in [0.2, 0.25) is 0 Å². The first-order valence-electron chi connectivity index (χ1n) is 15.6. The maximum atomic E-state index is 14.9. The summed E-state index contributed by atoms with van der Waals surface area (Å²) in [6.07, 6.45) is 0. The van der Waals surface area contributed by atoms with Gasteiger partial charge in [-0.1, -0.05) is 91.0 Å². The molecular formula is C43H26F3N. The van der Waals surface area contributed by atoms with Crippen LogP contribution in [-0.4, -0.2) is 0 Å². The standard InChI is InChI=1S/C43H26F3N/c44-28-16-19-30(20-17-28)47(31-9-7-8-27(24-31)37-25-29(45)18-23-42(37)46)32-21-22-36-35-12-3-6-15-40(35)43(41(36)26-32)38-13-4-1-10-33(38)34-11-2-5-14-39(34)43/h1-26H. The number of hydrogen-bond donors (Lipinski definition) is 0. The van der Waals surface area contributed by atoms with E-state index in [2.05, 4.69) is 91.0 Å². The quantitative estimate of drug-likeness (QED) is 0.191. The van der Waals surface area contributed by atoms with Crippen molar-refractivity contribution in [3.8, 4) is 33.4 Å². The van der Waals surface area contributed by atoms with Gasteiger partial charge < -0.3 is 4.90 Å². The Labute approximate surface area is 270 Å². The molecule has 1 nitrogen and oxygen atoms in total. The van der Waals surface area contributed by atoms with Crippen molar-refractivity contribution in [2.24, 2.45) is 0 Å². The van der Waals surface area contributed by atoms with Crippen LogP contribution < -0.4 is 4.90 Å². The number of anilines is 3. The molecule has 9 rings (SSSR count). The Bertz CT molecular complexity index is 2290. The van der Waals surface area contributed by atoms with E-state index in [4.69, 9.17) is 0 Å². The van der Waals surface area contributed by atoms with E-state index in [1.807, 2.05) is 23.1 Å². The maximum absolute atomic E-state index is 14.9. The van der Waals surface area contributed by atoms with E-state index in [0.717, 1.165) is 40.3 Å². The molecule has 1 spiro atoms. The fourth-order valence-electron chi connectivity index (χ4n) is 7.79. The van der Waals surface area contributed by atoms with Crippen LogP contribution in [0.2, 0.25) is 0 Å². The summed E-state index contributed by atoms with van der Waals surface area (Å²) >= 11 is 0. The lowest BCUT2D eigenvalue weighted by atomic mass is 9.70. The molecule has 2 aliphatic carbocycles. The van der Waals surface area contributed by atoms with Crippen LogP contribution in [0.1, 0.15) is 22.3 Å². The van der Waals surface area contributed by atoms with Gasteiger partial charge in [-0.15, -0.1) is 0 Å². The topological polar surface area (TPSA) is 3.24 Å². The van der Waals surface area contributed by atoms with E-state index in [1.165, 1.54) is 51.6 Å². The molecule has 0 amide bonds. The van der Waals surface area contributed by atoms with Crippen molar-refractivity contribution in [1.82, 2.24) is 0 Å². The number of fused-ring (bicyclic) bond motifs is 10. The number of hydrogen-bond acceptors (Lipinski definition) is 1. The highest BCUT2D eigenvalue weighted by molar-refractivity contribution is 5.96. The van der Waals surface area contributed by atoms with Crippen molar-refractivity contribution < 1.29 is 13.2 Å². The van der Waals surface area contributed by atoms with E-state index in [-0.39, 0.29) is 11.4 Å². The summed E-state index contributed by atoms with van der Waals surface area (Å²) in [5, 5.41) is 0. The summed E-state index contributed by atoms with van der Waals surface area (Å²) < 4.78 is 43.4. The molecule has 0 aliphatic heterocycles. The SMILES string of the molecule is Fc1ccc(N(c2cccc(-c3cc(F)ccc3F)c2)c2ccc3c(c2)C2(c4ccccc4-c4ccccc42)c2ccccc2-3)cc1. The Morgan fingerprint density at radius 2 is 0.894 bits per heavy atom. The fraction of sp³-hybridized carbons (Fsp3) is 0.0233. The van der Waals surface area contributed by atoms with Gasteiger partial charge in [0, 0.05) is 22.6 Å². The average molecular weight is 614 g/mol. The van der Waals surface area contributed by atoms with Crippen LogP contribution in [0.3, 0.4) is 0 Å². The summed E-state index contributed by atoms with van der Waals surface area (Å²) in [5.41, 5.74) is 12.2. The van der Waals surface area contributed by atoms with E-state index in [1.54, 1.807) is 18.2 Å². The molecule has 7 aromatic rings. The van der Waals surface area contributed by atoms with Gasteiger partial charge in [0.05, 0.1) is 5.41 Å². The molecule has 4 heteroatoms. The largest absolute Gasteiger partial charge is 0.310 e. The van der Waals surface area contributed by atoms with E-state index in [9.17, 15) is 13.2 Å². The van der Waals surface area contributed by atoms with Crippen molar-refractivity contribution in [2.45, 2.75) is 5.41 Å². The zero-order chi connectivity index (χ0) is 31.7. The third-order valence-electron chi connectivity index (χ3n) is 9.67. The highest BCUT2D eigenvalue weighted by atomic mass is 19.1. The summed E-state index contributed by atoms with van der Waals surface area (Å²) in [7, 11) is 0. The Hall–Kier alpha value is -5.87. The maximum Gasteiger partial charge on any atom is 0.131 e. The second-order valence-electron chi connectivity index (χ2n) is 12.1. The number of halogens is 3. The molecule has 0 radical (unpaired) electrons. The monoisotopic (exact) mass is 613 g/mol. The minimum absolute atomic E-state index is 0.174. The van der Waals surface area contributed by atoms with Crippen LogP contribution >= 0.6 is 0 Å². The first-order valence-corrected chi connectivity index (χ1v) is 15.6. The zero-order valence-electron chi connectivity index (χ0n) is 25.1. The van der Waals surface area contributed by atoms with Crippen molar-refractivity contribution in [1.29, 1.82) is 0 Å². The molecule has 0 saturated carbocycles. The molecule has 0 fully saturated rings. The molecule has 0 bridgehead atoms. The van der Waals surface area contributed by atoms with Crippen molar-refractivity contribution in [3.05, 3.63) is 197 Å². The Balaban J connectivity index is 1.31. The van der Waals surface area contributed by atoms with Gasteiger partial charge in [-0.3, -0.25) is 0 Å². The summed E-state index contributed by atoms with van der Waals surface area (Å²) in [6.45, 7) is 0. The molecule has 0 saturated heterocycles. The van der Waals surface area contributed by atoms with Crippen LogP contribution in [0.15, 0.2) is 158 Å². The van der Waals surface area contributed by atoms with Gasteiger partial charge >= 0.3 is 0 Å². The molecule has 0 unspecified atom stereocenters. The third kappa shape index (κ3) is 3.98. The molecule has 0 atom stereocenters. The first-order chi connectivity index (χ1) is 23.0. The van der Waals surface area contributed by atoms with Crippen LogP contribution in [0.5, 0.6) is 0 Å². The number of nitrogens with zero attached hydrogens (tertiary/aromatic N) is 1. The predicted octanol–water partition coefficient (Wildman–Crippen LogP) is 11.6.